The Morgan fingerprint density at radius 2 is 2.12 bits per heavy atom. The Morgan fingerprint density at radius 3 is 2.88 bits per heavy atom. The van der Waals surface area contributed by atoms with Crippen LogP contribution in [0, 0.1) is 13.8 Å². The summed E-state index contributed by atoms with van der Waals surface area (Å²) < 4.78 is 6.67. The zero-order valence-electron chi connectivity index (χ0n) is 13.6. The molecular weight excluding hydrogens is 308 g/mol. The normalized spacial score (nSPS) is 10.8. The Balaban J connectivity index is 1.49. The van der Waals surface area contributed by atoms with Gasteiger partial charge in [-0.05, 0) is 25.0 Å². The molecule has 24 heavy (non-hydrogen) atoms. The molecule has 8 nitrogen and oxygen atoms in total. The van der Waals surface area contributed by atoms with Gasteiger partial charge in [0.25, 0.3) is 5.89 Å². The molecule has 0 aliphatic carbocycles. The Labute approximate surface area is 138 Å². The number of hydrogen-bond acceptors (Lipinski definition) is 6. The molecular formula is C16H18N6O2. The SMILES string of the molecule is Cc1noc(-c2cn(CCNC(=O)Cc3ccccc3C)nn2)n1. The first-order valence-electron chi connectivity index (χ1n) is 7.64. The molecule has 1 amide bonds. The van der Waals surface area contributed by atoms with E-state index in [4.69, 9.17) is 4.52 Å². The van der Waals surface area contributed by atoms with Crippen molar-refractivity contribution in [2.75, 3.05) is 6.54 Å². The standard InChI is InChI=1S/C16H18N6O2/c1-11-5-3-4-6-13(11)9-15(23)17-7-8-22-10-14(19-21-22)16-18-12(2)20-24-16/h3-6,10H,7-9H2,1-2H3,(H,17,23). The first kappa shape index (κ1) is 15.9. The number of benzene rings is 1. The predicted octanol–water partition coefficient (Wildman–Crippen LogP) is 1.30. The third-order valence-corrected chi connectivity index (χ3v) is 3.56. The van der Waals surface area contributed by atoms with Crippen molar-refractivity contribution in [1.82, 2.24) is 30.5 Å². The lowest BCUT2D eigenvalue weighted by Gasteiger charge is -2.07. The highest BCUT2D eigenvalue weighted by atomic mass is 16.5. The van der Waals surface area contributed by atoms with E-state index in [9.17, 15) is 4.79 Å². The van der Waals surface area contributed by atoms with Gasteiger partial charge in [-0.3, -0.25) is 4.79 Å². The van der Waals surface area contributed by atoms with Crippen LogP contribution >= 0.6 is 0 Å². The smallest absolute Gasteiger partial charge is 0.280 e. The van der Waals surface area contributed by atoms with Crippen LogP contribution in [0.15, 0.2) is 35.0 Å². The van der Waals surface area contributed by atoms with E-state index in [1.807, 2.05) is 31.2 Å². The number of amides is 1. The molecule has 1 N–H and O–H groups in total. The first-order valence-corrected chi connectivity index (χ1v) is 7.64. The van der Waals surface area contributed by atoms with Gasteiger partial charge in [0.05, 0.1) is 19.2 Å². The van der Waals surface area contributed by atoms with E-state index in [-0.39, 0.29) is 5.91 Å². The van der Waals surface area contributed by atoms with E-state index in [1.165, 1.54) is 0 Å². The molecule has 1 aromatic carbocycles. The van der Waals surface area contributed by atoms with Gasteiger partial charge in [-0.15, -0.1) is 5.10 Å². The van der Waals surface area contributed by atoms with Crippen LogP contribution in [0.4, 0.5) is 0 Å². The van der Waals surface area contributed by atoms with E-state index >= 15 is 0 Å². The summed E-state index contributed by atoms with van der Waals surface area (Å²) in [6.45, 7) is 4.72. The molecule has 0 spiro atoms. The summed E-state index contributed by atoms with van der Waals surface area (Å²) in [5.74, 6) is 0.863. The van der Waals surface area contributed by atoms with Gasteiger partial charge in [0, 0.05) is 6.54 Å². The summed E-state index contributed by atoms with van der Waals surface area (Å²) in [6, 6.07) is 7.86. The van der Waals surface area contributed by atoms with E-state index < -0.39 is 0 Å². The molecule has 0 saturated heterocycles. The largest absolute Gasteiger partial charge is 0.354 e. The Morgan fingerprint density at radius 1 is 1.29 bits per heavy atom. The van der Waals surface area contributed by atoms with Crippen LogP contribution < -0.4 is 5.32 Å². The van der Waals surface area contributed by atoms with Crippen LogP contribution in [-0.4, -0.2) is 37.6 Å². The van der Waals surface area contributed by atoms with Crippen LogP contribution in [0.3, 0.4) is 0 Å². The summed E-state index contributed by atoms with van der Waals surface area (Å²) in [4.78, 5) is 16.1. The lowest BCUT2D eigenvalue weighted by Crippen LogP contribution is -2.28. The van der Waals surface area contributed by atoms with E-state index in [0.717, 1.165) is 11.1 Å². The zero-order chi connectivity index (χ0) is 16.9. The average molecular weight is 326 g/mol. The number of aryl methyl sites for hydroxylation is 2. The quantitative estimate of drug-likeness (QED) is 0.733. The summed E-state index contributed by atoms with van der Waals surface area (Å²) >= 11 is 0. The number of hydrogen-bond donors (Lipinski definition) is 1. The van der Waals surface area contributed by atoms with Gasteiger partial charge >= 0.3 is 0 Å². The zero-order valence-corrected chi connectivity index (χ0v) is 13.6. The predicted molar refractivity (Wildman–Crippen MR) is 85.9 cm³/mol. The molecule has 2 heterocycles. The van der Waals surface area contributed by atoms with Gasteiger partial charge in [0.2, 0.25) is 5.91 Å². The van der Waals surface area contributed by atoms with Crippen molar-refractivity contribution in [3.05, 3.63) is 47.4 Å². The van der Waals surface area contributed by atoms with Crippen molar-refractivity contribution in [3.63, 3.8) is 0 Å². The lowest BCUT2D eigenvalue weighted by atomic mass is 10.1. The number of nitrogens with one attached hydrogen (secondary N) is 1. The van der Waals surface area contributed by atoms with Crippen LogP contribution in [0.2, 0.25) is 0 Å². The second-order valence-corrected chi connectivity index (χ2v) is 5.47. The van der Waals surface area contributed by atoms with E-state index in [1.54, 1.807) is 17.8 Å². The average Bonchev–Trinajstić information content (AvgIpc) is 3.18. The number of carbonyl (C=O) groups is 1. The number of nitrogens with zero attached hydrogens (tertiary/aromatic N) is 5. The summed E-state index contributed by atoms with van der Waals surface area (Å²) in [6.07, 6.45) is 2.08. The van der Waals surface area contributed by atoms with Gasteiger partial charge in [-0.1, -0.05) is 34.6 Å². The molecule has 124 valence electrons. The number of carbonyl (C=O) groups excluding carboxylic acids is 1. The Kier molecular flexibility index (Phi) is 4.64. The maximum absolute atomic E-state index is 12.0. The third-order valence-electron chi connectivity index (χ3n) is 3.56. The number of aromatic nitrogens is 5. The Hall–Kier alpha value is -3.03. The fourth-order valence-corrected chi connectivity index (χ4v) is 2.26. The molecule has 8 heteroatoms. The molecule has 0 unspecified atom stereocenters. The van der Waals surface area contributed by atoms with Crippen molar-refractivity contribution in [2.24, 2.45) is 0 Å². The monoisotopic (exact) mass is 326 g/mol. The molecule has 2 aromatic heterocycles. The van der Waals surface area contributed by atoms with E-state index in [2.05, 4.69) is 25.8 Å². The molecule has 0 saturated carbocycles. The van der Waals surface area contributed by atoms with Crippen molar-refractivity contribution in [2.45, 2.75) is 26.8 Å². The molecule has 0 radical (unpaired) electrons. The molecule has 0 fully saturated rings. The van der Waals surface area contributed by atoms with Crippen molar-refractivity contribution < 1.29 is 9.32 Å². The summed E-state index contributed by atoms with van der Waals surface area (Å²) in [7, 11) is 0. The maximum Gasteiger partial charge on any atom is 0.280 e. The van der Waals surface area contributed by atoms with Crippen LogP contribution in [-0.2, 0) is 17.8 Å². The molecule has 0 atom stereocenters. The molecule has 0 bridgehead atoms. The van der Waals surface area contributed by atoms with Gasteiger partial charge in [0.1, 0.15) is 0 Å². The summed E-state index contributed by atoms with van der Waals surface area (Å²) in [5.41, 5.74) is 2.66. The Bertz CT molecular complexity index is 838. The minimum atomic E-state index is -0.0165. The van der Waals surface area contributed by atoms with Crippen LogP contribution in [0.1, 0.15) is 17.0 Å². The fourth-order valence-electron chi connectivity index (χ4n) is 2.26. The molecule has 3 rings (SSSR count). The second-order valence-electron chi connectivity index (χ2n) is 5.47. The topological polar surface area (TPSA) is 98.7 Å². The second kappa shape index (κ2) is 7.03. The third kappa shape index (κ3) is 3.83. The highest BCUT2D eigenvalue weighted by Crippen LogP contribution is 2.12. The van der Waals surface area contributed by atoms with Crippen molar-refractivity contribution in [3.8, 4) is 11.6 Å². The van der Waals surface area contributed by atoms with Gasteiger partial charge in [-0.2, -0.15) is 4.98 Å². The lowest BCUT2D eigenvalue weighted by molar-refractivity contribution is -0.120. The minimum Gasteiger partial charge on any atom is -0.354 e. The first-order chi connectivity index (χ1) is 11.6. The molecule has 0 aliphatic heterocycles. The molecule has 3 aromatic rings. The van der Waals surface area contributed by atoms with Gasteiger partial charge in [-0.25, -0.2) is 4.68 Å². The summed E-state index contributed by atoms with van der Waals surface area (Å²) in [5, 5.41) is 14.6. The number of rotatable bonds is 6. The van der Waals surface area contributed by atoms with Gasteiger partial charge < -0.3 is 9.84 Å². The van der Waals surface area contributed by atoms with Crippen LogP contribution in [0.25, 0.3) is 11.6 Å². The maximum atomic E-state index is 12.0. The van der Waals surface area contributed by atoms with Crippen LogP contribution in [0.5, 0.6) is 0 Å². The van der Waals surface area contributed by atoms with E-state index in [0.29, 0.717) is 36.9 Å². The fraction of sp³-hybridized carbons (Fsp3) is 0.312. The minimum absolute atomic E-state index is 0.0165. The van der Waals surface area contributed by atoms with Gasteiger partial charge in [0.15, 0.2) is 11.5 Å². The van der Waals surface area contributed by atoms with Crippen molar-refractivity contribution in [1.29, 1.82) is 0 Å². The highest BCUT2D eigenvalue weighted by Gasteiger charge is 2.11. The van der Waals surface area contributed by atoms with Crippen molar-refractivity contribution >= 4 is 5.91 Å². The highest BCUT2D eigenvalue weighted by molar-refractivity contribution is 5.78. The molecule has 0 aliphatic rings.